The van der Waals surface area contributed by atoms with Crippen molar-refractivity contribution in [2.45, 2.75) is 18.4 Å². The fourth-order valence-corrected chi connectivity index (χ4v) is 3.84. The average molecular weight is 540 g/mol. The number of hydrogen-bond donors (Lipinski definition) is 2. The first-order valence-corrected chi connectivity index (χ1v) is 10.9. The van der Waals surface area contributed by atoms with Gasteiger partial charge < -0.3 is 15.1 Å². The van der Waals surface area contributed by atoms with Gasteiger partial charge in [0.15, 0.2) is 15.8 Å². The van der Waals surface area contributed by atoms with Crippen molar-refractivity contribution in [3.8, 4) is 11.5 Å². The number of guanidine groups is 1. The van der Waals surface area contributed by atoms with Crippen LogP contribution in [0.4, 0.5) is 0 Å². The van der Waals surface area contributed by atoms with E-state index in [1.54, 1.807) is 43.6 Å². The smallest absolute Gasteiger partial charge is 0.226 e. The van der Waals surface area contributed by atoms with Crippen molar-refractivity contribution in [3.63, 3.8) is 0 Å². The molecule has 0 spiro atoms. The lowest BCUT2D eigenvalue weighted by Crippen LogP contribution is -2.39. The number of aryl methyl sites for hydroxylation is 1. The molecule has 0 unspecified atom stereocenters. The highest BCUT2D eigenvalue weighted by Crippen LogP contribution is 2.19. The van der Waals surface area contributed by atoms with Gasteiger partial charge in [-0.15, -0.1) is 24.0 Å². The molecule has 2 N–H and O–H groups in total. The lowest BCUT2D eigenvalue weighted by molar-refractivity contribution is 0.572. The zero-order valence-corrected chi connectivity index (χ0v) is 20.0. The summed E-state index contributed by atoms with van der Waals surface area (Å²) in [5.74, 6) is 1.02. The molecule has 1 heterocycles. The van der Waals surface area contributed by atoms with Gasteiger partial charge in [-0.2, -0.15) is 0 Å². The molecule has 0 fully saturated rings. The fraction of sp³-hybridized carbons (Fsp3) is 0.238. The van der Waals surface area contributed by atoms with E-state index in [1.807, 2.05) is 31.2 Å². The highest BCUT2D eigenvalue weighted by molar-refractivity contribution is 14.0. The lowest BCUT2D eigenvalue weighted by Gasteiger charge is -2.11. The minimum absolute atomic E-state index is 0. The number of aromatic nitrogens is 1. The van der Waals surface area contributed by atoms with Crippen LogP contribution in [-0.2, 0) is 16.4 Å². The SMILES string of the molecule is CN=C(NCCS(=O)(=O)c1ccccc1)NCc1coc(-c2ccc(C)cc2)n1.I. The van der Waals surface area contributed by atoms with Gasteiger partial charge in [-0.05, 0) is 31.2 Å². The van der Waals surface area contributed by atoms with E-state index < -0.39 is 9.84 Å². The highest BCUT2D eigenvalue weighted by Gasteiger charge is 2.14. The van der Waals surface area contributed by atoms with Crippen LogP contribution in [0.1, 0.15) is 11.3 Å². The molecule has 0 aliphatic carbocycles. The maximum Gasteiger partial charge on any atom is 0.226 e. The zero-order valence-electron chi connectivity index (χ0n) is 16.8. The minimum Gasteiger partial charge on any atom is -0.444 e. The van der Waals surface area contributed by atoms with Crippen molar-refractivity contribution in [2.24, 2.45) is 4.99 Å². The number of benzene rings is 2. The molecular weight excluding hydrogens is 515 g/mol. The van der Waals surface area contributed by atoms with Crippen LogP contribution in [0.15, 0.2) is 75.2 Å². The Morgan fingerprint density at radius 3 is 2.43 bits per heavy atom. The Kier molecular flexibility index (Phi) is 8.85. The predicted octanol–water partition coefficient (Wildman–Crippen LogP) is 3.41. The Morgan fingerprint density at radius 2 is 1.77 bits per heavy atom. The third kappa shape index (κ3) is 6.56. The molecule has 3 aromatic rings. The summed E-state index contributed by atoms with van der Waals surface area (Å²) in [5.41, 5.74) is 2.81. The molecule has 7 nitrogen and oxygen atoms in total. The van der Waals surface area contributed by atoms with Gasteiger partial charge in [0.25, 0.3) is 0 Å². The van der Waals surface area contributed by atoms with Crippen LogP contribution >= 0.6 is 24.0 Å². The molecule has 3 rings (SSSR count). The molecule has 0 atom stereocenters. The second-order valence-corrected chi connectivity index (χ2v) is 8.60. The summed E-state index contributed by atoms with van der Waals surface area (Å²) >= 11 is 0. The number of oxazole rings is 1. The van der Waals surface area contributed by atoms with Crippen LogP contribution in [-0.4, -0.2) is 38.7 Å². The maximum atomic E-state index is 12.3. The van der Waals surface area contributed by atoms with Crippen LogP contribution in [0.25, 0.3) is 11.5 Å². The lowest BCUT2D eigenvalue weighted by atomic mass is 10.1. The summed E-state index contributed by atoms with van der Waals surface area (Å²) in [5, 5.41) is 6.12. The van der Waals surface area contributed by atoms with Crippen molar-refractivity contribution in [1.29, 1.82) is 0 Å². The number of sulfone groups is 1. The summed E-state index contributed by atoms with van der Waals surface area (Å²) in [6.07, 6.45) is 1.59. The van der Waals surface area contributed by atoms with Crippen molar-refractivity contribution >= 4 is 39.8 Å². The Bertz CT molecular complexity index is 1070. The number of rotatable bonds is 7. The molecule has 0 aliphatic rings. The van der Waals surface area contributed by atoms with Crippen molar-refractivity contribution < 1.29 is 12.8 Å². The molecule has 0 saturated carbocycles. The highest BCUT2D eigenvalue weighted by atomic mass is 127. The third-order valence-electron chi connectivity index (χ3n) is 4.28. The Hall–Kier alpha value is -2.40. The quantitative estimate of drug-likeness (QED) is 0.271. The first-order chi connectivity index (χ1) is 14.0. The van der Waals surface area contributed by atoms with E-state index in [0.717, 1.165) is 11.3 Å². The van der Waals surface area contributed by atoms with Gasteiger partial charge in [0.05, 0.1) is 22.9 Å². The van der Waals surface area contributed by atoms with Crippen LogP contribution in [0.5, 0.6) is 0 Å². The second-order valence-electron chi connectivity index (χ2n) is 6.49. The zero-order chi connectivity index (χ0) is 20.7. The van der Waals surface area contributed by atoms with Crippen LogP contribution in [0, 0.1) is 6.92 Å². The Morgan fingerprint density at radius 1 is 1.07 bits per heavy atom. The first kappa shape index (κ1) is 23.9. The Balaban J connectivity index is 0.00000320. The second kappa shape index (κ2) is 11.1. The van der Waals surface area contributed by atoms with Crippen molar-refractivity contribution in [1.82, 2.24) is 15.6 Å². The fourth-order valence-electron chi connectivity index (χ4n) is 2.66. The van der Waals surface area contributed by atoms with Gasteiger partial charge in [0.1, 0.15) is 6.26 Å². The molecule has 0 radical (unpaired) electrons. The van der Waals surface area contributed by atoms with Crippen molar-refractivity contribution in [3.05, 3.63) is 72.1 Å². The summed E-state index contributed by atoms with van der Waals surface area (Å²) < 4.78 is 30.2. The normalized spacial score (nSPS) is 11.6. The molecule has 0 saturated heterocycles. The van der Waals surface area contributed by atoms with Gasteiger partial charge in [-0.1, -0.05) is 35.9 Å². The van der Waals surface area contributed by atoms with Gasteiger partial charge >= 0.3 is 0 Å². The molecular formula is C21H25IN4O3S. The van der Waals surface area contributed by atoms with Crippen molar-refractivity contribution in [2.75, 3.05) is 19.3 Å². The van der Waals surface area contributed by atoms with Crippen LogP contribution < -0.4 is 10.6 Å². The van der Waals surface area contributed by atoms with Gasteiger partial charge in [-0.3, -0.25) is 4.99 Å². The third-order valence-corrected chi connectivity index (χ3v) is 6.01. The Labute approximate surface area is 194 Å². The molecule has 30 heavy (non-hydrogen) atoms. The summed E-state index contributed by atoms with van der Waals surface area (Å²) in [6.45, 7) is 2.67. The van der Waals surface area contributed by atoms with E-state index in [1.165, 1.54) is 5.56 Å². The molecule has 1 aromatic heterocycles. The average Bonchev–Trinajstić information content (AvgIpc) is 3.20. The van der Waals surface area contributed by atoms with Gasteiger partial charge in [-0.25, -0.2) is 13.4 Å². The summed E-state index contributed by atoms with van der Waals surface area (Å²) in [7, 11) is -1.71. The first-order valence-electron chi connectivity index (χ1n) is 9.22. The van der Waals surface area contributed by atoms with E-state index in [-0.39, 0.29) is 36.3 Å². The molecule has 0 aliphatic heterocycles. The van der Waals surface area contributed by atoms with Crippen LogP contribution in [0.2, 0.25) is 0 Å². The van der Waals surface area contributed by atoms with Gasteiger partial charge in [0.2, 0.25) is 5.89 Å². The molecule has 160 valence electrons. The summed E-state index contributed by atoms with van der Waals surface area (Å²) in [6, 6.07) is 16.3. The largest absolute Gasteiger partial charge is 0.444 e. The minimum atomic E-state index is -3.33. The number of hydrogen-bond acceptors (Lipinski definition) is 5. The molecule has 0 bridgehead atoms. The number of nitrogens with one attached hydrogen (secondary N) is 2. The number of halogens is 1. The monoisotopic (exact) mass is 540 g/mol. The van der Waals surface area contributed by atoms with E-state index in [9.17, 15) is 8.42 Å². The van der Waals surface area contributed by atoms with E-state index in [4.69, 9.17) is 4.42 Å². The number of aliphatic imine (C=N–C) groups is 1. The van der Waals surface area contributed by atoms with E-state index in [0.29, 0.717) is 23.3 Å². The van der Waals surface area contributed by atoms with E-state index >= 15 is 0 Å². The molecule has 9 heteroatoms. The predicted molar refractivity (Wildman–Crippen MR) is 129 cm³/mol. The molecule has 2 aromatic carbocycles. The maximum absolute atomic E-state index is 12.3. The molecule has 0 amide bonds. The van der Waals surface area contributed by atoms with Crippen LogP contribution in [0.3, 0.4) is 0 Å². The standard InChI is InChI=1S/C21H24N4O3S.HI/c1-16-8-10-17(11-9-16)20-25-18(15-28-20)14-24-21(22-2)23-12-13-29(26,27)19-6-4-3-5-7-19;/h3-11,15H,12-14H2,1-2H3,(H2,22,23,24);1H. The number of nitrogens with zero attached hydrogens (tertiary/aromatic N) is 2. The van der Waals surface area contributed by atoms with E-state index in [2.05, 4.69) is 20.6 Å². The summed E-state index contributed by atoms with van der Waals surface area (Å²) in [4.78, 5) is 8.89. The topological polar surface area (TPSA) is 96.6 Å². The van der Waals surface area contributed by atoms with Gasteiger partial charge in [0, 0.05) is 19.2 Å².